The van der Waals surface area contributed by atoms with Gasteiger partial charge < -0.3 is 5.32 Å². The summed E-state index contributed by atoms with van der Waals surface area (Å²) < 4.78 is 1.59. The van der Waals surface area contributed by atoms with Crippen LogP contribution < -0.4 is 5.32 Å². The largest absolute Gasteiger partial charge is 0.351 e. The van der Waals surface area contributed by atoms with Crippen LogP contribution in [0.3, 0.4) is 0 Å². The number of halogens is 2. The van der Waals surface area contributed by atoms with Crippen molar-refractivity contribution in [1.82, 2.24) is 19.9 Å². The van der Waals surface area contributed by atoms with Gasteiger partial charge in [-0.3, -0.25) is 4.79 Å². The molecule has 0 spiro atoms. The lowest BCUT2D eigenvalue weighted by atomic mass is 9.82. The molecule has 2 aromatic carbocycles. The summed E-state index contributed by atoms with van der Waals surface area (Å²) in [7, 11) is 0. The average molecular weight is 439 g/mol. The second-order valence-corrected chi connectivity index (χ2v) is 8.06. The van der Waals surface area contributed by atoms with Crippen LogP contribution in [-0.2, 0) is 0 Å². The highest BCUT2D eigenvalue weighted by Gasteiger charge is 2.22. The number of nitrogens with one attached hydrogen (secondary N) is 1. The van der Waals surface area contributed by atoms with Gasteiger partial charge in [-0.25, -0.2) is 9.50 Å². The lowest BCUT2D eigenvalue weighted by Crippen LogP contribution is -2.30. The van der Waals surface area contributed by atoms with Crippen LogP contribution in [0.5, 0.6) is 0 Å². The standard InChI is InChI=1S/C23H20Cl2N4O/c1-15(16-2-6-19(24)7-3-16)21(17-4-8-20(25)9-5-17)13-27-23(30)18-12-26-22-10-11-28-29(22)14-18/h2-12,14-15,21H,13H2,1H3,(H,27,30). The fourth-order valence-electron chi connectivity index (χ4n) is 3.52. The van der Waals surface area contributed by atoms with Gasteiger partial charge in [0.15, 0.2) is 5.65 Å². The summed E-state index contributed by atoms with van der Waals surface area (Å²) in [5, 5.41) is 8.57. The Labute approximate surface area is 184 Å². The van der Waals surface area contributed by atoms with E-state index in [1.807, 2.05) is 48.5 Å². The first-order chi connectivity index (χ1) is 14.5. The zero-order valence-corrected chi connectivity index (χ0v) is 17.8. The van der Waals surface area contributed by atoms with E-state index in [1.165, 1.54) is 0 Å². The van der Waals surface area contributed by atoms with Crippen molar-refractivity contribution in [3.8, 4) is 0 Å². The highest BCUT2D eigenvalue weighted by atomic mass is 35.5. The van der Waals surface area contributed by atoms with Gasteiger partial charge in [-0.15, -0.1) is 0 Å². The van der Waals surface area contributed by atoms with E-state index < -0.39 is 0 Å². The predicted molar refractivity (Wildman–Crippen MR) is 119 cm³/mol. The quantitative estimate of drug-likeness (QED) is 0.441. The minimum absolute atomic E-state index is 0.0498. The molecule has 5 nitrogen and oxygen atoms in total. The maximum Gasteiger partial charge on any atom is 0.254 e. The second-order valence-electron chi connectivity index (χ2n) is 7.18. The van der Waals surface area contributed by atoms with E-state index in [1.54, 1.807) is 29.2 Å². The third-order valence-electron chi connectivity index (χ3n) is 5.29. The summed E-state index contributed by atoms with van der Waals surface area (Å²) in [4.78, 5) is 17.0. The molecule has 0 radical (unpaired) electrons. The van der Waals surface area contributed by atoms with Crippen molar-refractivity contribution in [2.75, 3.05) is 6.54 Å². The van der Waals surface area contributed by atoms with Crippen molar-refractivity contribution in [2.45, 2.75) is 18.8 Å². The van der Waals surface area contributed by atoms with Gasteiger partial charge in [0.2, 0.25) is 0 Å². The second kappa shape index (κ2) is 8.86. The number of hydrogen-bond donors (Lipinski definition) is 1. The molecule has 2 atom stereocenters. The lowest BCUT2D eigenvalue weighted by molar-refractivity contribution is 0.0949. The molecule has 0 saturated carbocycles. The normalized spacial score (nSPS) is 13.2. The van der Waals surface area contributed by atoms with E-state index in [2.05, 4.69) is 22.3 Å². The molecular weight excluding hydrogens is 419 g/mol. The highest BCUT2D eigenvalue weighted by molar-refractivity contribution is 6.30. The van der Waals surface area contributed by atoms with Crippen LogP contribution >= 0.6 is 23.2 Å². The number of fused-ring (bicyclic) bond motifs is 1. The molecule has 1 amide bonds. The van der Waals surface area contributed by atoms with Crippen molar-refractivity contribution in [3.05, 3.63) is 99.9 Å². The van der Waals surface area contributed by atoms with Gasteiger partial charge in [0.25, 0.3) is 5.91 Å². The Kier molecular flexibility index (Phi) is 6.02. The van der Waals surface area contributed by atoms with E-state index in [0.29, 0.717) is 27.8 Å². The lowest BCUT2D eigenvalue weighted by Gasteiger charge is -2.25. The summed E-state index contributed by atoms with van der Waals surface area (Å²) in [6.07, 6.45) is 4.89. The number of aromatic nitrogens is 3. The summed E-state index contributed by atoms with van der Waals surface area (Å²) in [6, 6.07) is 17.3. The van der Waals surface area contributed by atoms with Crippen LogP contribution in [0.25, 0.3) is 5.65 Å². The molecule has 1 N–H and O–H groups in total. The Morgan fingerprint density at radius 1 is 1.00 bits per heavy atom. The van der Waals surface area contributed by atoms with Crippen LogP contribution in [0.1, 0.15) is 40.2 Å². The maximum absolute atomic E-state index is 12.8. The molecule has 0 fully saturated rings. The molecule has 0 aliphatic heterocycles. The van der Waals surface area contributed by atoms with Crippen molar-refractivity contribution in [2.24, 2.45) is 0 Å². The molecule has 2 unspecified atom stereocenters. The van der Waals surface area contributed by atoms with E-state index in [-0.39, 0.29) is 17.7 Å². The summed E-state index contributed by atoms with van der Waals surface area (Å²) in [5.41, 5.74) is 3.40. The van der Waals surface area contributed by atoms with E-state index in [0.717, 1.165) is 11.1 Å². The van der Waals surface area contributed by atoms with Crippen LogP contribution in [0.2, 0.25) is 10.0 Å². The third kappa shape index (κ3) is 4.48. The molecule has 2 heterocycles. The zero-order valence-electron chi connectivity index (χ0n) is 16.3. The molecule has 2 aromatic heterocycles. The molecule has 0 aliphatic carbocycles. The first-order valence-corrected chi connectivity index (χ1v) is 10.4. The Hall–Kier alpha value is -2.89. The number of nitrogens with zero attached hydrogens (tertiary/aromatic N) is 3. The van der Waals surface area contributed by atoms with Gasteiger partial charge in [0, 0.05) is 41.0 Å². The summed E-state index contributed by atoms with van der Waals surface area (Å²) >= 11 is 12.1. The number of hydrogen-bond acceptors (Lipinski definition) is 3. The monoisotopic (exact) mass is 438 g/mol. The fraction of sp³-hybridized carbons (Fsp3) is 0.174. The number of rotatable bonds is 6. The zero-order chi connectivity index (χ0) is 21.1. The molecule has 4 aromatic rings. The number of carbonyl (C=O) groups excluding carboxylic acids is 1. The minimum Gasteiger partial charge on any atom is -0.351 e. The fourth-order valence-corrected chi connectivity index (χ4v) is 3.78. The first-order valence-electron chi connectivity index (χ1n) is 9.60. The number of carbonyl (C=O) groups is 1. The first kappa shape index (κ1) is 20.4. The number of amides is 1. The van der Waals surface area contributed by atoms with E-state index in [9.17, 15) is 4.79 Å². The van der Waals surface area contributed by atoms with Crippen LogP contribution in [0.4, 0.5) is 0 Å². The molecule has 4 rings (SSSR count). The average Bonchev–Trinajstić information content (AvgIpc) is 3.23. The third-order valence-corrected chi connectivity index (χ3v) is 5.79. The highest BCUT2D eigenvalue weighted by Crippen LogP contribution is 2.33. The van der Waals surface area contributed by atoms with E-state index >= 15 is 0 Å². The Bertz CT molecular complexity index is 1160. The molecule has 152 valence electrons. The van der Waals surface area contributed by atoms with Gasteiger partial charge in [0.05, 0.1) is 11.8 Å². The number of benzene rings is 2. The van der Waals surface area contributed by atoms with Gasteiger partial charge >= 0.3 is 0 Å². The molecule has 0 aliphatic rings. The van der Waals surface area contributed by atoms with Gasteiger partial charge in [-0.05, 0) is 41.3 Å². The van der Waals surface area contributed by atoms with Crippen molar-refractivity contribution in [1.29, 1.82) is 0 Å². The Morgan fingerprint density at radius 2 is 1.63 bits per heavy atom. The molecule has 7 heteroatoms. The van der Waals surface area contributed by atoms with Gasteiger partial charge in [0.1, 0.15) is 0 Å². The van der Waals surface area contributed by atoms with Gasteiger partial charge in [-0.2, -0.15) is 5.10 Å². The van der Waals surface area contributed by atoms with Crippen LogP contribution in [0, 0.1) is 0 Å². The molecule has 0 saturated heterocycles. The maximum atomic E-state index is 12.8. The van der Waals surface area contributed by atoms with Crippen molar-refractivity contribution < 1.29 is 4.79 Å². The molecule has 30 heavy (non-hydrogen) atoms. The Morgan fingerprint density at radius 3 is 2.30 bits per heavy atom. The Balaban J connectivity index is 1.56. The van der Waals surface area contributed by atoms with E-state index in [4.69, 9.17) is 23.2 Å². The predicted octanol–water partition coefficient (Wildman–Crippen LogP) is 5.35. The molecular formula is C23H20Cl2N4O. The van der Waals surface area contributed by atoms with Crippen LogP contribution in [0.15, 0.2) is 73.2 Å². The van der Waals surface area contributed by atoms with Crippen molar-refractivity contribution in [3.63, 3.8) is 0 Å². The van der Waals surface area contributed by atoms with Gasteiger partial charge in [-0.1, -0.05) is 54.4 Å². The summed E-state index contributed by atoms with van der Waals surface area (Å²) in [5.74, 6) is 0.00594. The smallest absolute Gasteiger partial charge is 0.254 e. The SMILES string of the molecule is CC(c1ccc(Cl)cc1)C(CNC(=O)c1cnc2ccnn2c1)c1ccc(Cl)cc1. The minimum atomic E-state index is -0.192. The van der Waals surface area contributed by atoms with Crippen molar-refractivity contribution >= 4 is 34.8 Å². The summed E-state index contributed by atoms with van der Waals surface area (Å²) in [6.45, 7) is 2.60. The van der Waals surface area contributed by atoms with Crippen LogP contribution in [-0.4, -0.2) is 27.0 Å². The molecule has 0 bridgehead atoms. The topological polar surface area (TPSA) is 59.3 Å².